The zero-order valence-corrected chi connectivity index (χ0v) is 9.79. The van der Waals surface area contributed by atoms with Crippen LogP contribution in [0.2, 0.25) is 0 Å². The summed E-state index contributed by atoms with van der Waals surface area (Å²) in [6, 6.07) is 10.6. The summed E-state index contributed by atoms with van der Waals surface area (Å²) in [6.45, 7) is 3.15. The Bertz CT molecular complexity index is 210. The molecule has 66 valence electrons. The molecule has 0 amide bonds. The van der Waals surface area contributed by atoms with Gasteiger partial charge >= 0.3 is 0 Å². The maximum atomic E-state index is 5.17. The molecule has 0 aliphatic rings. The minimum absolute atomic E-state index is 0.625. The number of rotatable bonds is 4. The van der Waals surface area contributed by atoms with E-state index in [4.69, 9.17) is 4.43 Å². The molecule has 0 saturated heterocycles. The highest BCUT2D eigenvalue weighted by molar-refractivity contribution is 5.97. The van der Waals surface area contributed by atoms with E-state index in [-0.39, 0.29) is 0 Å². The molecule has 0 aliphatic carbocycles. The third-order valence-electron chi connectivity index (χ3n) is 2.12. The maximum Gasteiger partial charge on any atom is 0.145 e. The highest BCUT2D eigenvalue weighted by atomic mass is 28.2. The fourth-order valence-electron chi connectivity index (χ4n) is 1.24. The predicted molar refractivity (Wildman–Crippen MR) is 55.4 cm³/mol. The summed E-state index contributed by atoms with van der Waals surface area (Å²) >= 11 is 0. The molecule has 0 spiro atoms. The summed E-state index contributed by atoms with van der Waals surface area (Å²) in [5.74, 6) is 0.625. The first-order chi connectivity index (χ1) is 5.84. The van der Waals surface area contributed by atoms with Gasteiger partial charge in [-0.15, -0.1) is 0 Å². The Morgan fingerprint density at radius 3 is 2.58 bits per heavy atom. The fourth-order valence-corrected chi connectivity index (χ4v) is 1.48. The first-order valence-corrected chi connectivity index (χ1v) is 5.20. The average molecular weight is 180 g/mol. The van der Waals surface area contributed by atoms with Crippen LogP contribution in [0.3, 0.4) is 0 Å². The summed E-state index contributed by atoms with van der Waals surface area (Å²) in [5, 5.41) is 0. The number of hydrogen-bond donors (Lipinski definition) is 0. The second kappa shape index (κ2) is 5.12. The van der Waals surface area contributed by atoms with Crippen molar-refractivity contribution >= 4 is 10.5 Å². The van der Waals surface area contributed by atoms with Gasteiger partial charge in [0.05, 0.1) is 0 Å². The molecule has 1 atom stereocenters. The normalized spacial score (nSPS) is 13.1. The Kier molecular flexibility index (Phi) is 4.04. The van der Waals surface area contributed by atoms with E-state index in [1.165, 1.54) is 5.56 Å². The Balaban J connectivity index is 2.48. The van der Waals surface area contributed by atoms with E-state index in [2.05, 4.69) is 37.3 Å². The van der Waals surface area contributed by atoms with Crippen molar-refractivity contribution in [3.63, 3.8) is 0 Å². The second-order valence-corrected chi connectivity index (χ2v) is 3.67. The Morgan fingerprint density at radius 2 is 2.00 bits per heavy atom. The maximum absolute atomic E-state index is 5.17. The van der Waals surface area contributed by atoms with Crippen LogP contribution in [0.5, 0.6) is 0 Å². The summed E-state index contributed by atoms with van der Waals surface area (Å²) in [4.78, 5) is 0. The lowest BCUT2D eigenvalue weighted by molar-refractivity contribution is 0.329. The second-order valence-electron chi connectivity index (χ2n) is 3.09. The molecule has 0 radical (unpaired) electrons. The first kappa shape index (κ1) is 9.48. The van der Waals surface area contributed by atoms with E-state index in [0.717, 1.165) is 23.5 Å². The molecule has 1 aromatic carbocycles. The van der Waals surface area contributed by atoms with Crippen LogP contribution in [0.4, 0.5) is 0 Å². The van der Waals surface area contributed by atoms with E-state index in [9.17, 15) is 0 Å². The van der Waals surface area contributed by atoms with Gasteiger partial charge in [-0.3, -0.25) is 0 Å². The van der Waals surface area contributed by atoms with Gasteiger partial charge in [0.25, 0.3) is 0 Å². The topological polar surface area (TPSA) is 9.23 Å². The van der Waals surface area contributed by atoms with Gasteiger partial charge in [0.15, 0.2) is 0 Å². The van der Waals surface area contributed by atoms with E-state index >= 15 is 0 Å². The number of hydrogen-bond acceptors (Lipinski definition) is 1. The molecular weight excluding hydrogens is 164 g/mol. The number of benzene rings is 1. The molecule has 0 aromatic heterocycles. The standard InChI is InChI=1S/C10H16OSi/c1-9(7-8-11-12)10-5-3-2-4-6-10/h2-6,9H,7-8H2,1,12H3. The molecule has 1 rings (SSSR count). The van der Waals surface area contributed by atoms with E-state index in [1.807, 2.05) is 0 Å². The molecule has 1 aromatic rings. The molecule has 12 heavy (non-hydrogen) atoms. The Labute approximate surface area is 77.3 Å². The molecule has 0 saturated carbocycles. The molecule has 0 bridgehead atoms. The van der Waals surface area contributed by atoms with Crippen LogP contribution in [0.25, 0.3) is 0 Å². The van der Waals surface area contributed by atoms with E-state index in [1.54, 1.807) is 0 Å². The first-order valence-electron chi connectivity index (χ1n) is 4.38. The third kappa shape index (κ3) is 2.79. The van der Waals surface area contributed by atoms with Crippen molar-refractivity contribution in [2.75, 3.05) is 6.61 Å². The molecular formula is C10H16OSi. The highest BCUT2D eigenvalue weighted by Crippen LogP contribution is 2.17. The zero-order valence-electron chi connectivity index (χ0n) is 7.79. The highest BCUT2D eigenvalue weighted by Gasteiger charge is 2.02. The molecule has 0 fully saturated rings. The molecule has 2 heteroatoms. The van der Waals surface area contributed by atoms with Crippen molar-refractivity contribution < 1.29 is 4.43 Å². The van der Waals surface area contributed by atoms with Crippen LogP contribution < -0.4 is 0 Å². The lowest BCUT2D eigenvalue weighted by Gasteiger charge is -2.10. The Hall–Kier alpha value is -0.603. The van der Waals surface area contributed by atoms with Crippen molar-refractivity contribution in [2.45, 2.75) is 19.3 Å². The lowest BCUT2D eigenvalue weighted by atomic mass is 9.99. The van der Waals surface area contributed by atoms with Crippen molar-refractivity contribution in [1.82, 2.24) is 0 Å². The van der Waals surface area contributed by atoms with Gasteiger partial charge in [-0.1, -0.05) is 37.3 Å². The Morgan fingerprint density at radius 1 is 1.33 bits per heavy atom. The average Bonchev–Trinajstić information content (AvgIpc) is 2.15. The van der Waals surface area contributed by atoms with Gasteiger partial charge in [0.1, 0.15) is 10.5 Å². The van der Waals surface area contributed by atoms with Gasteiger partial charge in [-0.2, -0.15) is 0 Å². The van der Waals surface area contributed by atoms with Crippen LogP contribution in [0.15, 0.2) is 30.3 Å². The van der Waals surface area contributed by atoms with Gasteiger partial charge in [0, 0.05) is 6.61 Å². The van der Waals surface area contributed by atoms with Crippen molar-refractivity contribution in [3.8, 4) is 0 Å². The van der Waals surface area contributed by atoms with Crippen molar-refractivity contribution in [3.05, 3.63) is 35.9 Å². The predicted octanol–water partition coefficient (Wildman–Crippen LogP) is 1.48. The largest absolute Gasteiger partial charge is 0.428 e. The monoisotopic (exact) mass is 180 g/mol. The fraction of sp³-hybridized carbons (Fsp3) is 0.400. The van der Waals surface area contributed by atoms with Gasteiger partial charge < -0.3 is 4.43 Å². The van der Waals surface area contributed by atoms with Crippen molar-refractivity contribution in [2.24, 2.45) is 0 Å². The summed E-state index contributed by atoms with van der Waals surface area (Å²) in [5.41, 5.74) is 1.41. The minimum Gasteiger partial charge on any atom is -0.428 e. The molecule has 0 aliphatic heterocycles. The molecule has 1 unspecified atom stereocenters. The smallest absolute Gasteiger partial charge is 0.145 e. The molecule has 0 heterocycles. The van der Waals surface area contributed by atoms with Gasteiger partial charge in [-0.25, -0.2) is 0 Å². The van der Waals surface area contributed by atoms with Gasteiger partial charge in [-0.05, 0) is 17.9 Å². The SMILES string of the molecule is CC(CCO[SiH3])c1ccccc1. The summed E-state index contributed by atoms with van der Waals surface area (Å²) in [6.07, 6.45) is 1.13. The zero-order chi connectivity index (χ0) is 8.81. The third-order valence-corrected chi connectivity index (χ3v) is 2.53. The quantitative estimate of drug-likeness (QED) is 0.638. The van der Waals surface area contributed by atoms with E-state index < -0.39 is 0 Å². The van der Waals surface area contributed by atoms with Crippen LogP contribution in [0.1, 0.15) is 24.8 Å². The summed E-state index contributed by atoms with van der Waals surface area (Å²) in [7, 11) is 0.857. The van der Waals surface area contributed by atoms with E-state index in [0.29, 0.717) is 5.92 Å². The molecule has 1 nitrogen and oxygen atoms in total. The van der Waals surface area contributed by atoms with Gasteiger partial charge in [0.2, 0.25) is 0 Å². The van der Waals surface area contributed by atoms with Crippen LogP contribution in [0, 0.1) is 0 Å². The van der Waals surface area contributed by atoms with Crippen LogP contribution in [-0.4, -0.2) is 17.1 Å². The minimum atomic E-state index is 0.625. The van der Waals surface area contributed by atoms with Crippen LogP contribution >= 0.6 is 0 Å². The molecule has 0 N–H and O–H groups in total. The summed E-state index contributed by atoms with van der Waals surface area (Å²) < 4.78 is 5.17. The van der Waals surface area contributed by atoms with Crippen LogP contribution in [-0.2, 0) is 4.43 Å². The van der Waals surface area contributed by atoms with Crippen molar-refractivity contribution in [1.29, 1.82) is 0 Å². The lowest BCUT2D eigenvalue weighted by Crippen LogP contribution is -1.98.